The summed E-state index contributed by atoms with van der Waals surface area (Å²) in [6.07, 6.45) is 0.461. The summed E-state index contributed by atoms with van der Waals surface area (Å²) < 4.78 is 33.4. The fourth-order valence-electron chi connectivity index (χ4n) is 3.58. The van der Waals surface area contributed by atoms with Crippen LogP contribution in [0.4, 0.5) is 0 Å². The molecule has 3 rings (SSSR count). The molecule has 1 heterocycles. The molecular formula is C22H28N2O4S. The molecule has 0 radical (unpaired) electrons. The van der Waals surface area contributed by atoms with Gasteiger partial charge in [0, 0.05) is 31.7 Å². The molecule has 0 aliphatic carbocycles. The number of carbonyl (C=O) groups is 1. The molecule has 0 saturated carbocycles. The number of carbonyl (C=O) groups excluding carboxylic acids is 1. The van der Waals surface area contributed by atoms with Gasteiger partial charge in [0.2, 0.25) is 10.0 Å². The van der Waals surface area contributed by atoms with Gasteiger partial charge in [-0.05, 0) is 44.0 Å². The van der Waals surface area contributed by atoms with Crippen molar-refractivity contribution >= 4 is 15.8 Å². The van der Waals surface area contributed by atoms with Crippen LogP contribution in [-0.4, -0.2) is 44.4 Å². The van der Waals surface area contributed by atoms with Crippen molar-refractivity contribution in [3.05, 3.63) is 65.2 Å². The van der Waals surface area contributed by atoms with Crippen LogP contribution in [0, 0.1) is 0 Å². The summed E-state index contributed by atoms with van der Waals surface area (Å²) >= 11 is 0. The minimum atomic E-state index is -3.68. The van der Waals surface area contributed by atoms with Gasteiger partial charge in [-0.3, -0.25) is 9.69 Å². The second-order valence-electron chi connectivity index (χ2n) is 7.68. The number of nitrogens with one attached hydrogen (secondary N) is 1. The highest BCUT2D eigenvalue weighted by molar-refractivity contribution is 7.89. The molecular weight excluding hydrogens is 388 g/mol. The van der Waals surface area contributed by atoms with E-state index < -0.39 is 10.0 Å². The van der Waals surface area contributed by atoms with Gasteiger partial charge in [-0.25, -0.2) is 13.1 Å². The molecule has 6 nitrogen and oxygen atoms in total. The van der Waals surface area contributed by atoms with Crippen molar-refractivity contribution in [2.75, 3.05) is 13.1 Å². The number of morpholine rings is 1. The van der Waals surface area contributed by atoms with E-state index in [1.165, 1.54) is 24.6 Å². The van der Waals surface area contributed by atoms with Gasteiger partial charge in [0.1, 0.15) is 0 Å². The molecule has 1 saturated heterocycles. The van der Waals surface area contributed by atoms with Gasteiger partial charge < -0.3 is 4.74 Å². The number of hydrogen-bond acceptors (Lipinski definition) is 5. The lowest BCUT2D eigenvalue weighted by Gasteiger charge is -2.35. The summed E-state index contributed by atoms with van der Waals surface area (Å²) in [4.78, 5) is 14.0. The van der Waals surface area contributed by atoms with Crippen LogP contribution in [0.2, 0.25) is 0 Å². The van der Waals surface area contributed by atoms with Crippen molar-refractivity contribution in [3.63, 3.8) is 0 Å². The van der Waals surface area contributed by atoms with Crippen LogP contribution in [0.15, 0.2) is 53.4 Å². The number of rotatable bonds is 7. The number of nitrogens with zero attached hydrogens (tertiary/aromatic N) is 1. The summed E-state index contributed by atoms with van der Waals surface area (Å²) in [5, 5.41) is 0. The molecule has 0 spiro atoms. The number of hydrogen-bond donors (Lipinski definition) is 1. The Balaban J connectivity index is 1.60. The summed E-state index contributed by atoms with van der Waals surface area (Å²) in [5.74, 6) is -0.165. The molecule has 1 N–H and O–H groups in total. The standard InChI is InChI=1S/C22H28N2O4S/c1-16-13-24(14-17(2)28-16)15-20-9-7-19(8-10-20)12-23-29(26,27)22-6-4-5-21(11-22)18(3)25/h4-11,16-17,23H,12-15H2,1-3H3. The molecule has 2 aromatic rings. The van der Waals surface area contributed by atoms with E-state index in [-0.39, 0.29) is 29.4 Å². The Hall–Kier alpha value is -2.06. The minimum absolute atomic E-state index is 0.0948. The monoisotopic (exact) mass is 416 g/mol. The maximum atomic E-state index is 12.5. The average molecular weight is 417 g/mol. The zero-order valence-electron chi connectivity index (χ0n) is 17.1. The van der Waals surface area contributed by atoms with Gasteiger partial charge in [-0.15, -0.1) is 0 Å². The molecule has 0 aromatic heterocycles. The quantitative estimate of drug-likeness (QED) is 0.703. The van der Waals surface area contributed by atoms with E-state index in [1.807, 2.05) is 24.3 Å². The second kappa shape index (κ2) is 9.17. The van der Waals surface area contributed by atoms with Gasteiger partial charge in [-0.1, -0.05) is 36.4 Å². The fourth-order valence-corrected chi connectivity index (χ4v) is 4.64. The molecule has 29 heavy (non-hydrogen) atoms. The van der Waals surface area contributed by atoms with E-state index in [4.69, 9.17) is 4.74 Å². The lowest BCUT2D eigenvalue weighted by molar-refractivity contribution is -0.0704. The number of ether oxygens (including phenoxy) is 1. The van der Waals surface area contributed by atoms with Crippen LogP contribution >= 0.6 is 0 Å². The van der Waals surface area contributed by atoms with Gasteiger partial charge in [-0.2, -0.15) is 0 Å². The number of Topliss-reactive ketones (excluding diaryl/α,β-unsaturated/α-hetero) is 1. The second-order valence-corrected chi connectivity index (χ2v) is 9.44. The Morgan fingerprint density at radius 3 is 2.31 bits per heavy atom. The highest BCUT2D eigenvalue weighted by atomic mass is 32.2. The molecule has 2 atom stereocenters. The Bertz CT molecular complexity index is 947. The molecule has 0 bridgehead atoms. The maximum absolute atomic E-state index is 12.5. The van der Waals surface area contributed by atoms with E-state index >= 15 is 0 Å². The first-order chi connectivity index (χ1) is 13.7. The normalized spacial score (nSPS) is 20.5. The number of benzene rings is 2. The SMILES string of the molecule is CC(=O)c1cccc(S(=O)(=O)NCc2ccc(CN3CC(C)OC(C)C3)cc2)c1. The van der Waals surface area contributed by atoms with Crippen LogP contribution in [0.1, 0.15) is 42.3 Å². The summed E-state index contributed by atoms with van der Waals surface area (Å²) in [7, 11) is -3.68. The third kappa shape index (κ3) is 5.96. The lowest BCUT2D eigenvalue weighted by Crippen LogP contribution is -2.44. The summed E-state index contributed by atoms with van der Waals surface area (Å²) in [5.41, 5.74) is 2.44. The van der Waals surface area contributed by atoms with Crippen molar-refractivity contribution in [3.8, 4) is 0 Å². The number of ketones is 1. The van der Waals surface area contributed by atoms with Crippen molar-refractivity contribution in [1.82, 2.24) is 9.62 Å². The van der Waals surface area contributed by atoms with Crippen LogP contribution < -0.4 is 4.72 Å². The van der Waals surface area contributed by atoms with Crippen LogP contribution in [0.25, 0.3) is 0 Å². The fraction of sp³-hybridized carbons (Fsp3) is 0.409. The Morgan fingerprint density at radius 1 is 1.07 bits per heavy atom. The molecule has 2 unspecified atom stereocenters. The molecule has 1 aliphatic heterocycles. The Labute approximate surface area is 172 Å². The molecule has 2 aromatic carbocycles. The smallest absolute Gasteiger partial charge is 0.240 e. The van der Waals surface area contributed by atoms with Gasteiger partial charge in [0.05, 0.1) is 17.1 Å². The molecule has 7 heteroatoms. The van der Waals surface area contributed by atoms with Crippen LogP contribution in [0.5, 0.6) is 0 Å². The van der Waals surface area contributed by atoms with Crippen LogP contribution in [-0.2, 0) is 27.8 Å². The third-order valence-electron chi connectivity index (χ3n) is 4.94. The zero-order valence-corrected chi connectivity index (χ0v) is 17.9. The number of sulfonamides is 1. The Kier molecular flexibility index (Phi) is 6.85. The average Bonchev–Trinajstić information content (AvgIpc) is 2.67. The molecule has 1 aliphatic rings. The maximum Gasteiger partial charge on any atom is 0.240 e. The van der Waals surface area contributed by atoms with E-state index in [0.717, 1.165) is 25.2 Å². The topological polar surface area (TPSA) is 75.7 Å². The zero-order chi connectivity index (χ0) is 21.0. The summed E-state index contributed by atoms with van der Waals surface area (Å²) in [6.45, 7) is 8.45. The summed E-state index contributed by atoms with van der Waals surface area (Å²) in [6, 6.07) is 14.0. The van der Waals surface area contributed by atoms with E-state index in [1.54, 1.807) is 12.1 Å². The van der Waals surface area contributed by atoms with E-state index in [9.17, 15) is 13.2 Å². The minimum Gasteiger partial charge on any atom is -0.373 e. The first kappa shape index (κ1) is 21.6. The van der Waals surface area contributed by atoms with Crippen molar-refractivity contribution in [1.29, 1.82) is 0 Å². The Morgan fingerprint density at radius 2 is 1.69 bits per heavy atom. The van der Waals surface area contributed by atoms with Gasteiger partial charge in [0.25, 0.3) is 0 Å². The van der Waals surface area contributed by atoms with E-state index in [0.29, 0.717) is 5.56 Å². The predicted molar refractivity (Wildman–Crippen MR) is 112 cm³/mol. The van der Waals surface area contributed by atoms with Gasteiger partial charge in [0.15, 0.2) is 5.78 Å². The molecule has 1 fully saturated rings. The molecule has 0 amide bonds. The van der Waals surface area contributed by atoms with Crippen molar-refractivity contribution in [2.24, 2.45) is 0 Å². The first-order valence-corrected chi connectivity index (χ1v) is 11.3. The van der Waals surface area contributed by atoms with E-state index in [2.05, 4.69) is 23.5 Å². The third-order valence-corrected chi connectivity index (χ3v) is 6.34. The largest absolute Gasteiger partial charge is 0.373 e. The van der Waals surface area contributed by atoms with Crippen LogP contribution in [0.3, 0.4) is 0 Å². The molecule has 156 valence electrons. The first-order valence-electron chi connectivity index (χ1n) is 9.79. The van der Waals surface area contributed by atoms with Crippen molar-refractivity contribution < 1.29 is 17.9 Å². The lowest BCUT2D eigenvalue weighted by atomic mass is 10.1. The van der Waals surface area contributed by atoms with Crippen molar-refractivity contribution in [2.45, 2.75) is 51.0 Å². The highest BCUT2D eigenvalue weighted by Crippen LogP contribution is 2.16. The van der Waals surface area contributed by atoms with Gasteiger partial charge >= 0.3 is 0 Å². The predicted octanol–water partition coefficient (Wildman–Crippen LogP) is 2.98. The highest BCUT2D eigenvalue weighted by Gasteiger charge is 2.22.